The van der Waals surface area contributed by atoms with E-state index in [1.54, 1.807) is 24.3 Å². The van der Waals surface area contributed by atoms with E-state index in [0.29, 0.717) is 17.0 Å². The molecule has 0 aromatic heterocycles. The number of carboxylic acids is 1. The molecule has 1 aliphatic rings. The number of hydrogen-bond donors (Lipinski definition) is 2. The van der Waals surface area contributed by atoms with E-state index in [-0.39, 0.29) is 34.3 Å². The number of rotatable bonds is 7. The number of sulfonamides is 1. The quantitative estimate of drug-likeness (QED) is 0.575. The summed E-state index contributed by atoms with van der Waals surface area (Å²) >= 11 is 18.1. The highest BCUT2D eigenvalue weighted by Crippen LogP contribution is 2.36. The van der Waals surface area contributed by atoms with E-state index >= 15 is 0 Å². The van der Waals surface area contributed by atoms with Crippen LogP contribution in [0, 0.1) is 0 Å². The summed E-state index contributed by atoms with van der Waals surface area (Å²) in [5, 5.41) is 12.8. The Morgan fingerprint density at radius 1 is 1.16 bits per heavy atom. The summed E-state index contributed by atoms with van der Waals surface area (Å²) in [6.45, 7) is 1.58. The Labute approximate surface area is 201 Å². The molecule has 1 aliphatic heterocycles. The van der Waals surface area contributed by atoms with E-state index in [9.17, 15) is 23.1 Å². The van der Waals surface area contributed by atoms with Crippen LogP contribution in [-0.4, -0.2) is 47.8 Å². The van der Waals surface area contributed by atoms with Gasteiger partial charge in [0.05, 0.1) is 4.90 Å². The van der Waals surface area contributed by atoms with E-state index in [1.165, 1.54) is 25.1 Å². The molecule has 1 saturated heterocycles. The molecule has 2 aromatic rings. The van der Waals surface area contributed by atoms with Gasteiger partial charge in [0.2, 0.25) is 15.9 Å². The third-order valence-corrected chi connectivity index (χ3v) is 8.28. The third-order valence-electron chi connectivity index (χ3n) is 5.47. The molecule has 2 aromatic carbocycles. The number of nitrogens with zero attached hydrogens (tertiary/aromatic N) is 1. The van der Waals surface area contributed by atoms with E-state index in [0.717, 1.165) is 4.31 Å². The second-order valence-corrected chi connectivity index (χ2v) is 10.9. The molecule has 32 heavy (non-hydrogen) atoms. The molecule has 1 heterocycles. The average Bonchev–Trinajstić information content (AvgIpc) is 3.12. The van der Waals surface area contributed by atoms with E-state index in [4.69, 9.17) is 34.8 Å². The Hall–Kier alpha value is -1.84. The summed E-state index contributed by atoms with van der Waals surface area (Å²) in [6, 6.07) is 9.36. The lowest BCUT2D eigenvalue weighted by Gasteiger charge is -2.34. The molecular formula is C21H21Cl3N2O5S. The summed E-state index contributed by atoms with van der Waals surface area (Å²) in [6.07, 6.45) is 0.609. The number of aliphatic carboxylic acids is 1. The van der Waals surface area contributed by atoms with Crippen molar-refractivity contribution in [3.63, 3.8) is 0 Å². The van der Waals surface area contributed by atoms with Crippen molar-refractivity contribution >= 4 is 56.7 Å². The van der Waals surface area contributed by atoms with Gasteiger partial charge in [-0.05, 0) is 49.6 Å². The summed E-state index contributed by atoms with van der Waals surface area (Å²) in [5.74, 6) is -1.96. The van der Waals surface area contributed by atoms with Gasteiger partial charge in [-0.2, -0.15) is 4.31 Å². The predicted octanol–water partition coefficient (Wildman–Crippen LogP) is 4.00. The zero-order valence-corrected chi connectivity index (χ0v) is 20.1. The zero-order valence-electron chi connectivity index (χ0n) is 17.0. The molecule has 7 nitrogen and oxygen atoms in total. The number of nitrogens with one attached hydrogen (secondary N) is 1. The van der Waals surface area contributed by atoms with Crippen LogP contribution in [0.5, 0.6) is 0 Å². The second-order valence-electron chi connectivity index (χ2n) is 7.72. The molecule has 3 rings (SSSR count). The first-order chi connectivity index (χ1) is 14.9. The first kappa shape index (κ1) is 24.8. The molecule has 2 atom stereocenters. The molecule has 11 heteroatoms. The molecule has 1 fully saturated rings. The van der Waals surface area contributed by atoms with Crippen molar-refractivity contribution in [2.45, 2.75) is 42.7 Å². The number of amides is 1. The minimum atomic E-state index is -4.12. The van der Waals surface area contributed by atoms with Crippen molar-refractivity contribution in [2.24, 2.45) is 0 Å². The van der Waals surface area contributed by atoms with Crippen molar-refractivity contribution < 1.29 is 23.1 Å². The number of benzene rings is 2. The Morgan fingerprint density at radius 3 is 2.38 bits per heavy atom. The van der Waals surface area contributed by atoms with Crippen LogP contribution < -0.4 is 5.32 Å². The van der Waals surface area contributed by atoms with Gasteiger partial charge in [-0.1, -0.05) is 53.0 Å². The van der Waals surface area contributed by atoms with Crippen molar-refractivity contribution in [1.29, 1.82) is 0 Å². The van der Waals surface area contributed by atoms with Crippen molar-refractivity contribution in [1.82, 2.24) is 9.62 Å². The summed E-state index contributed by atoms with van der Waals surface area (Å²) in [4.78, 5) is 24.9. The number of carboxylic acid groups (broad SMARTS) is 1. The maximum Gasteiger partial charge on any atom is 0.326 e. The Kier molecular flexibility index (Phi) is 7.41. The largest absolute Gasteiger partial charge is 0.480 e. The van der Waals surface area contributed by atoms with Crippen LogP contribution in [0.2, 0.25) is 15.1 Å². The molecule has 0 spiro atoms. The first-order valence-corrected chi connectivity index (χ1v) is 12.3. The van der Waals surface area contributed by atoms with Gasteiger partial charge in [-0.3, -0.25) is 4.79 Å². The highest BCUT2D eigenvalue weighted by molar-refractivity contribution is 7.89. The lowest BCUT2D eigenvalue weighted by Crippen LogP contribution is -2.58. The Morgan fingerprint density at radius 2 is 1.78 bits per heavy atom. The van der Waals surface area contributed by atoms with Gasteiger partial charge < -0.3 is 10.4 Å². The highest BCUT2D eigenvalue weighted by Gasteiger charge is 2.50. The number of hydrogen-bond acceptors (Lipinski definition) is 4. The number of carbonyl (C=O) groups is 2. The normalized spacial score (nSPS) is 20.1. The summed E-state index contributed by atoms with van der Waals surface area (Å²) in [5.41, 5.74) is -0.932. The fourth-order valence-corrected chi connectivity index (χ4v) is 6.50. The van der Waals surface area contributed by atoms with Crippen molar-refractivity contribution in [3.05, 3.63) is 63.1 Å². The number of carbonyl (C=O) groups excluding carboxylic acids is 1. The number of halogens is 3. The lowest BCUT2D eigenvalue weighted by atomic mass is 9.97. The molecule has 172 valence electrons. The monoisotopic (exact) mass is 518 g/mol. The van der Waals surface area contributed by atoms with E-state index in [1.807, 2.05) is 0 Å². The van der Waals surface area contributed by atoms with Crippen LogP contribution in [0.3, 0.4) is 0 Å². The minimum Gasteiger partial charge on any atom is -0.480 e. The average molecular weight is 520 g/mol. The van der Waals surface area contributed by atoms with Crippen LogP contribution in [0.15, 0.2) is 47.4 Å². The van der Waals surface area contributed by atoms with Crippen LogP contribution in [0.4, 0.5) is 0 Å². The minimum absolute atomic E-state index is 0.0481. The standard InChI is InChI=1S/C21H21Cl3N2O5S/c1-21(20(29)25-18(19(27)28)9-13-5-2-3-6-17(13)24)7-4-8-26(21)32(30,31)16-11-14(22)10-15(23)12-16/h2-3,5-6,10-12,18H,4,7-9H2,1H3,(H,25,29)(H,27,28)/t18-,21-/m0/s1. The third kappa shape index (κ3) is 5.05. The van der Waals surface area contributed by atoms with E-state index in [2.05, 4.69) is 5.32 Å². The second kappa shape index (κ2) is 9.57. The molecule has 2 N–H and O–H groups in total. The van der Waals surface area contributed by atoms with Crippen molar-refractivity contribution in [2.75, 3.05) is 6.54 Å². The van der Waals surface area contributed by atoms with Crippen LogP contribution in [0.25, 0.3) is 0 Å². The van der Waals surface area contributed by atoms with Crippen LogP contribution >= 0.6 is 34.8 Å². The smallest absolute Gasteiger partial charge is 0.326 e. The van der Waals surface area contributed by atoms with Crippen LogP contribution in [-0.2, 0) is 26.0 Å². The summed E-state index contributed by atoms with van der Waals surface area (Å²) < 4.78 is 27.7. The van der Waals surface area contributed by atoms with Gasteiger partial charge in [0.1, 0.15) is 11.6 Å². The first-order valence-electron chi connectivity index (χ1n) is 9.71. The molecule has 0 unspecified atom stereocenters. The Balaban J connectivity index is 1.88. The zero-order chi connectivity index (χ0) is 23.7. The fraction of sp³-hybridized carbons (Fsp3) is 0.333. The van der Waals surface area contributed by atoms with Crippen molar-refractivity contribution in [3.8, 4) is 0 Å². The molecule has 1 amide bonds. The van der Waals surface area contributed by atoms with Crippen LogP contribution in [0.1, 0.15) is 25.3 Å². The topological polar surface area (TPSA) is 104 Å². The molecule has 0 radical (unpaired) electrons. The van der Waals surface area contributed by atoms with Gasteiger partial charge >= 0.3 is 5.97 Å². The molecule has 0 saturated carbocycles. The molecular weight excluding hydrogens is 499 g/mol. The predicted molar refractivity (Wildman–Crippen MR) is 123 cm³/mol. The van der Waals surface area contributed by atoms with Gasteiger partial charge in [0.25, 0.3) is 0 Å². The maximum atomic E-state index is 13.3. The highest BCUT2D eigenvalue weighted by atomic mass is 35.5. The molecule has 0 bridgehead atoms. The maximum absolute atomic E-state index is 13.3. The van der Waals surface area contributed by atoms with E-state index < -0.39 is 33.5 Å². The Bertz CT molecular complexity index is 1140. The molecule has 0 aliphatic carbocycles. The summed E-state index contributed by atoms with van der Waals surface area (Å²) in [7, 11) is -4.12. The van der Waals surface area contributed by atoms with Gasteiger partial charge in [0.15, 0.2) is 0 Å². The SMILES string of the molecule is C[C@@]1(C(=O)N[C@@H](Cc2ccccc2Cl)C(=O)O)CCCN1S(=O)(=O)c1cc(Cl)cc(Cl)c1. The lowest BCUT2D eigenvalue weighted by molar-refractivity contribution is -0.143. The van der Waals surface area contributed by atoms with Gasteiger partial charge in [-0.15, -0.1) is 0 Å². The van der Waals surface area contributed by atoms with Gasteiger partial charge in [0, 0.05) is 28.0 Å². The van der Waals surface area contributed by atoms with Gasteiger partial charge in [-0.25, -0.2) is 13.2 Å². The fourth-order valence-electron chi connectivity index (χ4n) is 3.75.